The second-order valence-electron chi connectivity index (χ2n) is 6.28. The first kappa shape index (κ1) is 14.9. The van der Waals surface area contributed by atoms with Crippen LogP contribution in [0.25, 0.3) is 10.6 Å². The van der Waals surface area contributed by atoms with E-state index >= 15 is 0 Å². The van der Waals surface area contributed by atoms with Gasteiger partial charge in [-0.25, -0.2) is 4.98 Å². The normalized spacial score (nSPS) is 20.8. The summed E-state index contributed by atoms with van der Waals surface area (Å²) in [7, 11) is 0. The molecule has 1 aliphatic heterocycles. The fourth-order valence-corrected chi connectivity index (χ4v) is 3.75. The zero-order valence-corrected chi connectivity index (χ0v) is 13.7. The van der Waals surface area contributed by atoms with Gasteiger partial charge in [-0.15, -0.1) is 11.3 Å². The van der Waals surface area contributed by atoms with Gasteiger partial charge in [-0.05, 0) is 20.8 Å². The van der Waals surface area contributed by atoms with Gasteiger partial charge in [0.05, 0.1) is 5.69 Å². The Bertz CT molecular complexity index is 714. The molecular weight excluding hydrogens is 296 g/mol. The molecule has 114 valence electrons. The third kappa shape index (κ3) is 2.68. The van der Waals surface area contributed by atoms with E-state index < -0.39 is 11.5 Å². The summed E-state index contributed by atoms with van der Waals surface area (Å²) in [6.45, 7) is 5.64. The third-order valence-corrected chi connectivity index (χ3v) is 4.82. The zero-order valence-electron chi connectivity index (χ0n) is 12.8. The van der Waals surface area contributed by atoms with E-state index in [2.05, 4.69) is 10.3 Å². The standard InChI is InChI=1S/C17H18N2O2S/c1-10-14(13-12(20)9-17(2,3)19-15(13)21)18-16(22-10)11-7-5-4-6-8-11/h4-8,13H,9H2,1-3H3,(H,19,21). The van der Waals surface area contributed by atoms with Crippen LogP contribution in [-0.4, -0.2) is 22.2 Å². The van der Waals surface area contributed by atoms with Gasteiger partial charge < -0.3 is 5.32 Å². The molecule has 5 heteroatoms. The molecule has 1 atom stereocenters. The summed E-state index contributed by atoms with van der Waals surface area (Å²) < 4.78 is 0. The van der Waals surface area contributed by atoms with Gasteiger partial charge in [-0.1, -0.05) is 30.3 Å². The number of carbonyl (C=O) groups is 2. The van der Waals surface area contributed by atoms with E-state index in [0.717, 1.165) is 15.4 Å². The monoisotopic (exact) mass is 314 g/mol. The Labute approximate surface area is 133 Å². The van der Waals surface area contributed by atoms with Crippen LogP contribution >= 0.6 is 11.3 Å². The minimum Gasteiger partial charge on any atom is -0.350 e. The number of ketones is 1. The number of piperidine rings is 1. The molecule has 4 nitrogen and oxygen atoms in total. The number of rotatable bonds is 2. The molecule has 1 fully saturated rings. The predicted molar refractivity (Wildman–Crippen MR) is 86.9 cm³/mol. The molecule has 1 saturated heterocycles. The van der Waals surface area contributed by atoms with E-state index in [-0.39, 0.29) is 11.7 Å². The maximum absolute atomic E-state index is 12.4. The van der Waals surface area contributed by atoms with Crippen molar-refractivity contribution in [2.45, 2.75) is 38.6 Å². The van der Waals surface area contributed by atoms with Gasteiger partial charge in [0.25, 0.3) is 0 Å². The largest absolute Gasteiger partial charge is 0.350 e. The summed E-state index contributed by atoms with van der Waals surface area (Å²) in [5.74, 6) is -1.07. The molecule has 22 heavy (non-hydrogen) atoms. The Morgan fingerprint density at radius 2 is 1.91 bits per heavy atom. The van der Waals surface area contributed by atoms with Crippen LogP contribution in [0.2, 0.25) is 0 Å². The van der Waals surface area contributed by atoms with Crippen LogP contribution in [-0.2, 0) is 9.59 Å². The number of hydrogen-bond acceptors (Lipinski definition) is 4. The number of aromatic nitrogens is 1. The van der Waals surface area contributed by atoms with Gasteiger partial charge in [-0.2, -0.15) is 0 Å². The molecule has 1 aromatic heterocycles. The number of Topliss-reactive ketones (excluding diaryl/α,β-unsaturated/α-hetero) is 1. The first-order valence-corrected chi connectivity index (χ1v) is 8.06. The lowest BCUT2D eigenvalue weighted by Gasteiger charge is -2.33. The van der Waals surface area contributed by atoms with Crippen molar-refractivity contribution in [2.75, 3.05) is 0 Å². The van der Waals surface area contributed by atoms with E-state index in [9.17, 15) is 9.59 Å². The number of nitrogens with one attached hydrogen (secondary N) is 1. The first-order valence-electron chi connectivity index (χ1n) is 7.25. The summed E-state index contributed by atoms with van der Waals surface area (Å²) in [5, 5.41) is 3.76. The van der Waals surface area contributed by atoms with Crippen LogP contribution in [0.1, 0.15) is 36.8 Å². The number of amides is 1. The number of thiazole rings is 1. The van der Waals surface area contributed by atoms with Gasteiger partial charge in [0.2, 0.25) is 5.91 Å². The van der Waals surface area contributed by atoms with E-state index in [0.29, 0.717) is 12.1 Å². The second kappa shape index (κ2) is 5.32. The molecule has 1 N–H and O–H groups in total. The van der Waals surface area contributed by atoms with Crippen molar-refractivity contribution in [2.24, 2.45) is 0 Å². The van der Waals surface area contributed by atoms with Crippen LogP contribution in [0, 0.1) is 6.92 Å². The Morgan fingerprint density at radius 1 is 1.23 bits per heavy atom. The van der Waals surface area contributed by atoms with Gasteiger partial charge in [0, 0.05) is 22.4 Å². The SMILES string of the molecule is Cc1sc(-c2ccccc2)nc1C1C(=O)CC(C)(C)NC1=O. The fourth-order valence-electron chi connectivity index (χ4n) is 2.79. The molecule has 2 heterocycles. The van der Waals surface area contributed by atoms with Crippen molar-refractivity contribution in [3.63, 3.8) is 0 Å². The highest BCUT2D eigenvalue weighted by Crippen LogP contribution is 2.34. The van der Waals surface area contributed by atoms with Crippen molar-refractivity contribution in [3.05, 3.63) is 40.9 Å². The molecule has 0 bridgehead atoms. The third-order valence-electron chi connectivity index (χ3n) is 3.79. The topological polar surface area (TPSA) is 59.1 Å². The highest BCUT2D eigenvalue weighted by molar-refractivity contribution is 7.15. The molecule has 1 amide bonds. The van der Waals surface area contributed by atoms with E-state index in [1.165, 1.54) is 11.3 Å². The maximum atomic E-state index is 12.4. The van der Waals surface area contributed by atoms with Crippen molar-refractivity contribution in [1.82, 2.24) is 10.3 Å². The Kier molecular flexibility index (Phi) is 3.60. The first-order chi connectivity index (χ1) is 10.4. The van der Waals surface area contributed by atoms with Crippen LogP contribution in [0.15, 0.2) is 30.3 Å². The van der Waals surface area contributed by atoms with Crippen molar-refractivity contribution < 1.29 is 9.59 Å². The van der Waals surface area contributed by atoms with Crippen molar-refractivity contribution >= 4 is 23.0 Å². The molecule has 0 saturated carbocycles. The Balaban J connectivity index is 1.98. The van der Waals surface area contributed by atoms with E-state index in [1.807, 2.05) is 51.1 Å². The van der Waals surface area contributed by atoms with Crippen LogP contribution in [0.5, 0.6) is 0 Å². The van der Waals surface area contributed by atoms with Crippen LogP contribution in [0.4, 0.5) is 0 Å². The molecule has 0 aliphatic carbocycles. The lowest BCUT2D eigenvalue weighted by atomic mass is 9.83. The Hall–Kier alpha value is -2.01. The van der Waals surface area contributed by atoms with Gasteiger partial charge >= 0.3 is 0 Å². The summed E-state index contributed by atoms with van der Waals surface area (Å²) in [5.41, 5.74) is 1.13. The van der Waals surface area contributed by atoms with Gasteiger partial charge in [0.1, 0.15) is 10.9 Å². The number of benzene rings is 1. The maximum Gasteiger partial charge on any atom is 0.237 e. The molecule has 1 aliphatic rings. The quantitative estimate of drug-likeness (QED) is 0.867. The molecule has 0 spiro atoms. The average molecular weight is 314 g/mol. The Morgan fingerprint density at radius 3 is 2.55 bits per heavy atom. The molecule has 2 aromatic rings. The number of carbonyl (C=O) groups excluding carboxylic acids is 2. The predicted octanol–water partition coefficient (Wildman–Crippen LogP) is 3.07. The van der Waals surface area contributed by atoms with Crippen LogP contribution < -0.4 is 5.32 Å². The van der Waals surface area contributed by atoms with Crippen molar-refractivity contribution in [1.29, 1.82) is 0 Å². The summed E-state index contributed by atoms with van der Waals surface area (Å²) in [6, 6.07) is 9.81. The van der Waals surface area contributed by atoms with Crippen LogP contribution in [0.3, 0.4) is 0 Å². The van der Waals surface area contributed by atoms with E-state index in [1.54, 1.807) is 0 Å². The summed E-state index contributed by atoms with van der Waals surface area (Å²) in [4.78, 5) is 30.3. The molecule has 1 unspecified atom stereocenters. The molecule has 1 aromatic carbocycles. The zero-order chi connectivity index (χ0) is 15.9. The molecule has 0 radical (unpaired) electrons. The smallest absolute Gasteiger partial charge is 0.237 e. The number of nitrogens with zero attached hydrogens (tertiary/aromatic N) is 1. The highest BCUT2D eigenvalue weighted by Gasteiger charge is 2.41. The number of hydrogen-bond donors (Lipinski definition) is 1. The average Bonchev–Trinajstić information content (AvgIpc) is 2.80. The minimum atomic E-state index is -0.776. The fraction of sp³-hybridized carbons (Fsp3) is 0.353. The lowest BCUT2D eigenvalue weighted by Crippen LogP contribution is -2.54. The molecule has 3 rings (SSSR count). The van der Waals surface area contributed by atoms with E-state index in [4.69, 9.17) is 0 Å². The van der Waals surface area contributed by atoms with Gasteiger partial charge in [-0.3, -0.25) is 9.59 Å². The number of aryl methyl sites for hydroxylation is 1. The summed E-state index contributed by atoms with van der Waals surface area (Å²) >= 11 is 1.52. The van der Waals surface area contributed by atoms with Gasteiger partial charge in [0.15, 0.2) is 5.78 Å². The van der Waals surface area contributed by atoms with Crippen molar-refractivity contribution in [3.8, 4) is 10.6 Å². The minimum absolute atomic E-state index is 0.0539. The highest BCUT2D eigenvalue weighted by atomic mass is 32.1. The molecular formula is C17H18N2O2S. The summed E-state index contributed by atoms with van der Waals surface area (Å²) in [6.07, 6.45) is 0.334. The second-order valence-corrected chi connectivity index (χ2v) is 7.48. The lowest BCUT2D eigenvalue weighted by molar-refractivity contribution is -0.136.